The third-order valence-corrected chi connectivity index (χ3v) is 3.34. The molecule has 102 valence electrons. The molecular weight excluding hydrogens is 238 g/mol. The molecule has 0 fully saturated rings. The van der Waals surface area contributed by atoms with Crippen molar-refractivity contribution in [2.45, 2.75) is 33.1 Å². The first kappa shape index (κ1) is 13.5. The minimum absolute atomic E-state index is 0.329. The van der Waals surface area contributed by atoms with Crippen LogP contribution in [0.25, 0.3) is 11.1 Å². The van der Waals surface area contributed by atoms with E-state index in [0.717, 1.165) is 29.0 Å². The van der Waals surface area contributed by atoms with Crippen LogP contribution >= 0.6 is 0 Å². The summed E-state index contributed by atoms with van der Waals surface area (Å²) in [4.78, 5) is 0. The zero-order chi connectivity index (χ0) is 14.0. The van der Waals surface area contributed by atoms with Crippen LogP contribution in [0.15, 0.2) is 18.2 Å². The Hall–Kier alpha value is -1.97. The molecule has 0 unspecified atom stereocenters. The van der Waals surface area contributed by atoms with Gasteiger partial charge in [0.25, 0.3) is 0 Å². The molecule has 0 saturated heterocycles. The maximum absolute atomic E-state index is 6.03. The van der Waals surface area contributed by atoms with E-state index in [-0.39, 0.29) is 0 Å². The van der Waals surface area contributed by atoms with Gasteiger partial charge in [0, 0.05) is 11.3 Å². The molecule has 2 rings (SSSR count). The number of benzene rings is 1. The molecule has 0 bridgehead atoms. The molecule has 0 aliphatic heterocycles. The zero-order valence-corrected chi connectivity index (χ0v) is 11.9. The predicted octanol–water partition coefficient (Wildman–Crippen LogP) is 3.35. The van der Waals surface area contributed by atoms with Gasteiger partial charge in [-0.3, -0.25) is 5.10 Å². The van der Waals surface area contributed by atoms with Crippen molar-refractivity contribution in [1.82, 2.24) is 10.2 Å². The topological polar surface area (TPSA) is 63.9 Å². The smallest absolute Gasteiger partial charge is 0.153 e. The first-order chi connectivity index (χ1) is 9.08. The Bertz CT molecular complexity index is 573. The third kappa shape index (κ3) is 2.43. The van der Waals surface area contributed by atoms with Crippen LogP contribution in [-0.2, 0) is 6.42 Å². The van der Waals surface area contributed by atoms with Gasteiger partial charge in [0.15, 0.2) is 5.82 Å². The SMILES string of the molecule is CCc1ccc(OC)c(-c2c(N)n[nH]c2C(C)C)c1. The standard InChI is InChI=1S/C15H21N3O/c1-5-10-6-7-12(19-4)11(8-10)13-14(9(2)3)17-18-15(13)16/h6-9H,5H2,1-4H3,(H3,16,17,18). The second-order valence-electron chi connectivity index (χ2n) is 4.94. The summed E-state index contributed by atoms with van der Waals surface area (Å²) in [7, 11) is 1.68. The number of nitrogens with two attached hydrogens (primary N) is 1. The molecule has 1 aromatic heterocycles. The minimum Gasteiger partial charge on any atom is -0.496 e. The molecular formula is C15H21N3O. The van der Waals surface area contributed by atoms with Crippen molar-refractivity contribution in [3.63, 3.8) is 0 Å². The van der Waals surface area contributed by atoms with Gasteiger partial charge in [0.05, 0.1) is 12.7 Å². The van der Waals surface area contributed by atoms with Crippen LogP contribution in [0.1, 0.15) is 37.9 Å². The Morgan fingerprint density at radius 2 is 2.11 bits per heavy atom. The highest BCUT2D eigenvalue weighted by molar-refractivity contribution is 5.81. The van der Waals surface area contributed by atoms with Crippen molar-refractivity contribution < 1.29 is 4.74 Å². The normalized spacial score (nSPS) is 11.0. The van der Waals surface area contributed by atoms with Crippen molar-refractivity contribution in [1.29, 1.82) is 0 Å². The second kappa shape index (κ2) is 5.34. The lowest BCUT2D eigenvalue weighted by molar-refractivity contribution is 0.416. The summed E-state index contributed by atoms with van der Waals surface area (Å²) in [6.07, 6.45) is 0.978. The van der Waals surface area contributed by atoms with Crippen molar-refractivity contribution in [2.24, 2.45) is 0 Å². The number of nitrogens with one attached hydrogen (secondary N) is 1. The number of methoxy groups -OCH3 is 1. The molecule has 1 aromatic carbocycles. The highest BCUT2D eigenvalue weighted by Crippen LogP contribution is 2.38. The number of nitrogen functional groups attached to an aromatic ring is 1. The average molecular weight is 259 g/mol. The first-order valence-electron chi connectivity index (χ1n) is 6.59. The van der Waals surface area contributed by atoms with Gasteiger partial charge in [-0.1, -0.05) is 26.8 Å². The molecule has 0 aliphatic carbocycles. The number of H-pyrrole nitrogens is 1. The highest BCUT2D eigenvalue weighted by atomic mass is 16.5. The van der Waals surface area contributed by atoms with Crippen LogP contribution in [0, 0.1) is 0 Å². The molecule has 3 N–H and O–H groups in total. The van der Waals surface area contributed by atoms with Crippen LogP contribution in [0.4, 0.5) is 5.82 Å². The van der Waals surface area contributed by atoms with Gasteiger partial charge >= 0.3 is 0 Å². The van der Waals surface area contributed by atoms with Crippen LogP contribution in [0.2, 0.25) is 0 Å². The maximum atomic E-state index is 6.03. The van der Waals surface area contributed by atoms with Gasteiger partial charge in [-0.05, 0) is 30.0 Å². The van der Waals surface area contributed by atoms with E-state index in [0.29, 0.717) is 11.7 Å². The molecule has 0 spiro atoms. The minimum atomic E-state index is 0.329. The number of rotatable bonds is 4. The lowest BCUT2D eigenvalue weighted by Gasteiger charge is -2.13. The molecule has 4 nitrogen and oxygen atoms in total. The monoisotopic (exact) mass is 259 g/mol. The Labute approximate surface area is 114 Å². The van der Waals surface area contributed by atoms with Crippen molar-refractivity contribution in [3.8, 4) is 16.9 Å². The van der Waals surface area contributed by atoms with E-state index in [9.17, 15) is 0 Å². The molecule has 0 atom stereocenters. The number of hydrogen-bond donors (Lipinski definition) is 2. The number of hydrogen-bond acceptors (Lipinski definition) is 3. The van der Waals surface area contributed by atoms with Gasteiger partial charge in [-0.25, -0.2) is 0 Å². The quantitative estimate of drug-likeness (QED) is 0.885. The summed E-state index contributed by atoms with van der Waals surface area (Å²) in [6.45, 7) is 6.37. The van der Waals surface area contributed by atoms with Crippen LogP contribution < -0.4 is 10.5 Å². The second-order valence-corrected chi connectivity index (χ2v) is 4.94. The summed E-state index contributed by atoms with van der Waals surface area (Å²) in [6, 6.07) is 6.20. The number of nitrogens with zero attached hydrogens (tertiary/aromatic N) is 1. The largest absolute Gasteiger partial charge is 0.496 e. The van der Waals surface area contributed by atoms with E-state index >= 15 is 0 Å². The van der Waals surface area contributed by atoms with Gasteiger partial charge in [0.2, 0.25) is 0 Å². The summed E-state index contributed by atoms with van der Waals surface area (Å²) >= 11 is 0. The fraction of sp³-hybridized carbons (Fsp3) is 0.400. The fourth-order valence-corrected chi connectivity index (χ4v) is 2.24. The first-order valence-corrected chi connectivity index (χ1v) is 6.59. The highest BCUT2D eigenvalue weighted by Gasteiger charge is 2.19. The molecule has 0 amide bonds. The molecule has 0 radical (unpaired) electrons. The van der Waals surface area contributed by atoms with Crippen LogP contribution in [0.5, 0.6) is 5.75 Å². The van der Waals surface area contributed by atoms with Crippen molar-refractivity contribution in [3.05, 3.63) is 29.5 Å². The molecule has 0 saturated carbocycles. The number of aromatic amines is 1. The summed E-state index contributed by atoms with van der Waals surface area (Å²) in [5.41, 5.74) is 10.3. The van der Waals surface area contributed by atoms with E-state index < -0.39 is 0 Å². The molecule has 0 aliphatic rings. The summed E-state index contributed by atoms with van der Waals surface area (Å²) in [5.74, 6) is 1.68. The van der Waals surface area contributed by atoms with E-state index in [1.807, 2.05) is 6.07 Å². The number of aromatic nitrogens is 2. The van der Waals surface area contributed by atoms with Crippen LogP contribution in [-0.4, -0.2) is 17.3 Å². The molecule has 19 heavy (non-hydrogen) atoms. The molecule has 4 heteroatoms. The summed E-state index contributed by atoms with van der Waals surface area (Å²) in [5, 5.41) is 7.17. The number of anilines is 1. The van der Waals surface area contributed by atoms with E-state index in [1.165, 1.54) is 5.56 Å². The summed E-state index contributed by atoms with van der Waals surface area (Å²) < 4.78 is 5.46. The van der Waals surface area contributed by atoms with E-state index in [1.54, 1.807) is 7.11 Å². The van der Waals surface area contributed by atoms with E-state index in [2.05, 4.69) is 43.1 Å². The van der Waals surface area contributed by atoms with Gasteiger partial charge in [0.1, 0.15) is 5.75 Å². The van der Waals surface area contributed by atoms with Crippen molar-refractivity contribution in [2.75, 3.05) is 12.8 Å². The predicted molar refractivity (Wildman–Crippen MR) is 78.5 cm³/mol. The fourth-order valence-electron chi connectivity index (χ4n) is 2.24. The van der Waals surface area contributed by atoms with Gasteiger partial charge in [-0.2, -0.15) is 5.10 Å². The Morgan fingerprint density at radius 3 is 2.68 bits per heavy atom. The van der Waals surface area contributed by atoms with E-state index in [4.69, 9.17) is 10.5 Å². The number of aryl methyl sites for hydroxylation is 1. The molecule has 1 heterocycles. The lowest BCUT2D eigenvalue weighted by Crippen LogP contribution is -1.97. The average Bonchev–Trinajstić information content (AvgIpc) is 2.80. The zero-order valence-electron chi connectivity index (χ0n) is 11.9. The van der Waals surface area contributed by atoms with Gasteiger partial charge in [-0.15, -0.1) is 0 Å². The third-order valence-electron chi connectivity index (χ3n) is 3.34. The Kier molecular flexibility index (Phi) is 3.79. The number of ether oxygens (including phenoxy) is 1. The van der Waals surface area contributed by atoms with Gasteiger partial charge < -0.3 is 10.5 Å². The van der Waals surface area contributed by atoms with Crippen molar-refractivity contribution >= 4 is 5.82 Å². The Balaban J connectivity index is 2.66. The lowest BCUT2D eigenvalue weighted by atomic mass is 9.96. The Morgan fingerprint density at radius 1 is 1.37 bits per heavy atom. The molecule has 2 aromatic rings. The maximum Gasteiger partial charge on any atom is 0.153 e. The van der Waals surface area contributed by atoms with Crippen LogP contribution in [0.3, 0.4) is 0 Å².